The van der Waals surface area contributed by atoms with Crippen LogP contribution in [-0.2, 0) is 27.3 Å². The zero-order chi connectivity index (χ0) is 30.4. The van der Waals surface area contributed by atoms with E-state index >= 15 is 8.78 Å². The van der Waals surface area contributed by atoms with Gasteiger partial charge in [-0.15, -0.1) is 0 Å². The summed E-state index contributed by atoms with van der Waals surface area (Å²) in [6, 6.07) is 9.18. The topological polar surface area (TPSA) is 96.8 Å². The largest absolute Gasteiger partial charge is 0.382 e. The highest BCUT2D eigenvalue weighted by atomic mass is 35.5. The molecule has 2 aromatic carbocycles. The van der Waals surface area contributed by atoms with Gasteiger partial charge >= 0.3 is 0 Å². The fourth-order valence-corrected chi connectivity index (χ4v) is 6.78. The molecular formula is C31H32Cl2F2N4O4. The van der Waals surface area contributed by atoms with Gasteiger partial charge in [0.1, 0.15) is 22.9 Å². The minimum absolute atomic E-state index is 0.00259. The van der Waals surface area contributed by atoms with Crippen molar-refractivity contribution in [3.8, 4) is 0 Å². The molecule has 3 aromatic rings. The molecule has 0 bridgehead atoms. The van der Waals surface area contributed by atoms with Gasteiger partial charge in [-0.2, -0.15) is 0 Å². The highest BCUT2D eigenvalue weighted by Crippen LogP contribution is 2.51. The van der Waals surface area contributed by atoms with Crippen LogP contribution in [0.2, 0.25) is 10.0 Å². The Hall–Kier alpha value is -2.73. The molecule has 3 aliphatic rings. The van der Waals surface area contributed by atoms with E-state index in [2.05, 4.69) is 15.3 Å². The maximum absolute atomic E-state index is 16.8. The second-order valence-corrected chi connectivity index (χ2v) is 12.1. The third-order valence-electron chi connectivity index (χ3n) is 8.85. The van der Waals surface area contributed by atoms with Crippen molar-refractivity contribution in [1.29, 1.82) is 0 Å². The number of nitrogens with zero attached hydrogens (tertiary/aromatic N) is 3. The van der Waals surface area contributed by atoms with E-state index in [-0.39, 0.29) is 54.9 Å². The van der Waals surface area contributed by atoms with E-state index in [1.165, 1.54) is 23.4 Å². The first-order chi connectivity index (χ1) is 20.6. The molecule has 0 radical (unpaired) electrons. The Labute approximate surface area is 258 Å². The number of rotatable bonds is 8. The Morgan fingerprint density at radius 2 is 1.86 bits per heavy atom. The summed E-state index contributed by atoms with van der Waals surface area (Å²) in [7, 11) is 0. The van der Waals surface area contributed by atoms with Gasteiger partial charge in [-0.25, -0.2) is 18.7 Å². The fourth-order valence-electron chi connectivity index (χ4n) is 6.56. The SMILES string of the molecule is CCC(O)(c1cc(F)c2c(c1)C(=O)N(Cc1ncc(Cl)cn1)[C@@]2(O[C@H]1CCOC1)c1ccc(Cl)cc1)C1(F)CCNCC1. The molecule has 3 atom stereocenters. The first kappa shape index (κ1) is 30.3. The van der Waals surface area contributed by atoms with Crippen LogP contribution in [0.1, 0.15) is 65.5 Å². The van der Waals surface area contributed by atoms with Crippen LogP contribution in [0, 0.1) is 5.82 Å². The Morgan fingerprint density at radius 3 is 2.49 bits per heavy atom. The van der Waals surface area contributed by atoms with Gasteiger partial charge in [0.05, 0.1) is 35.4 Å². The summed E-state index contributed by atoms with van der Waals surface area (Å²) in [5.41, 5.74) is -5.44. The van der Waals surface area contributed by atoms with Crippen molar-refractivity contribution in [1.82, 2.24) is 20.2 Å². The molecule has 43 heavy (non-hydrogen) atoms. The second-order valence-electron chi connectivity index (χ2n) is 11.3. The van der Waals surface area contributed by atoms with Crippen molar-refractivity contribution in [2.75, 3.05) is 26.3 Å². The molecule has 0 spiro atoms. The number of hydrogen-bond acceptors (Lipinski definition) is 7. The third kappa shape index (κ3) is 5.11. The van der Waals surface area contributed by atoms with E-state index in [1.54, 1.807) is 31.2 Å². The molecule has 8 nitrogen and oxygen atoms in total. The van der Waals surface area contributed by atoms with Crippen LogP contribution < -0.4 is 5.32 Å². The van der Waals surface area contributed by atoms with Crippen LogP contribution in [0.3, 0.4) is 0 Å². The van der Waals surface area contributed by atoms with Crippen molar-refractivity contribution in [3.05, 3.63) is 92.7 Å². The lowest BCUT2D eigenvalue weighted by molar-refractivity contribution is -0.149. The number of fused-ring (bicyclic) bond motifs is 1. The summed E-state index contributed by atoms with van der Waals surface area (Å²) < 4.78 is 45.5. The van der Waals surface area contributed by atoms with E-state index in [0.29, 0.717) is 41.7 Å². The number of aromatic nitrogens is 2. The Kier molecular flexibility index (Phi) is 8.21. The van der Waals surface area contributed by atoms with Gasteiger partial charge < -0.3 is 19.9 Å². The normalized spacial score (nSPS) is 24.7. The molecule has 228 valence electrons. The fraction of sp³-hybridized carbons (Fsp3) is 0.452. The number of carbonyl (C=O) groups excluding carboxylic acids is 1. The predicted octanol–water partition coefficient (Wildman–Crippen LogP) is 5.27. The van der Waals surface area contributed by atoms with E-state index in [4.69, 9.17) is 32.7 Å². The molecule has 12 heteroatoms. The Balaban J connectivity index is 1.57. The minimum Gasteiger partial charge on any atom is -0.382 e. The molecule has 4 heterocycles. The number of carbonyl (C=O) groups is 1. The van der Waals surface area contributed by atoms with Crippen molar-refractivity contribution in [2.24, 2.45) is 0 Å². The zero-order valence-electron chi connectivity index (χ0n) is 23.6. The maximum atomic E-state index is 16.8. The lowest BCUT2D eigenvalue weighted by atomic mass is 9.71. The van der Waals surface area contributed by atoms with E-state index in [0.717, 1.165) is 6.07 Å². The molecule has 6 rings (SSSR count). The van der Waals surface area contributed by atoms with Gasteiger partial charge in [-0.3, -0.25) is 9.69 Å². The molecule has 2 saturated heterocycles. The Morgan fingerprint density at radius 1 is 1.16 bits per heavy atom. The van der Waals surface area contributed by atoms with Crippen LogP contribution in [0.5, 0.6) is 0 Å². The average Bonchev–Trinajstić information content (AvgIpc) is 3.60. The van der Waals surface area contributed by atoms with Gasteiger partial charge in [0, 0.05) is 29.6 Å². The number of hydrogen-bond donors (Lipinski definition) is 2. The molecule has 2 N–H and O–H groups in total. The van der Waals surface area contributed by atoms with Crippen LogP contribution in [-0.4, -0.2) is 64.0 Å². The highest BCUT2D eigenvalue weighted by Gasteiger charge is 2.58. The number of halogens is 4. The molecule has 1 aromatic heterocycles. The van der Waals surface area contributed by atoms with Gasteiger partial charge in [0.25, 0.3) is 5.91 Å². The summed E-state index contributed by atoms with van der Waals surface area (Å²) >= 11 is 12.2. The number of amides is 1. The van der Waals surface area contributed by atoms with Gasteiger partial charge in [0.15, 0.2) is 0 Å². The number of ether oxygens (including phenoxy) is 2. The van der Waals surface area contributed by atoms with Gasteiger partial charge in [-0.1, -0.05) is 42.3 Å². The minimum atomic E-state index is -2.03. The van der Waals surface area contributed by atoms with E-state index in [1.807, 2.05) is 0 Å². The van der Waals surface area contributed by atoms with E-state index in [9.17, 15) is 9.90 Å². The molecule has 1 amide bonds. The summed E-state index contributed by atoms with van der Waals surface area (Å²) in [5, 5.41) is 15.7. The summed E-state index contributed by atoms with van der Waals surface area (Å²) in [6.07, 6.45) is 2.94. The smallest absolute Gasteiger partial charge is 0.257 e. The van der Waals surface area contributed by atoms with Crippen molar-refractivity contribution in [2.45, 2.75) is 62.3 Å². The number of aliphatic hydroxyl groups is 1. The Bertz CT molecular complexity index is 1500. The van der Waals surface area contributed by atoms with Crippen LogP contribution >= 0.6 is 23.2 Å². The molecule has 2 fully saturated rings. The molecule has 0 saturated carbocycles. The zero-order valence-corrected chi connectivity index (χ0v) is 25.1. The van der Waals surface area contributed by atoms with Crippen LogP contribution in [0.4, 0.5) is 8.78 Å². The van der Waals surface area contributed by atoms with Gasteiger partial charge in [-0.05, 0) is 68.6 Å². The molecule has 3 aliphatic heterocycles. The summed E-state index contributed by atoms with van der Waals surface area (Å²) in [6.45, 7) is 2.93. The van der Waals surface area contributed by atoms with Crippen molar-refractivity contribution >= 4 is 29.1 Å². The lowest BCUT2D eigenvalue weighted by Gasteiger charge is -2.44. The number of alkyl halides is 1. The molecule has 0 aliphatic carbocycles. The van der Waals surface area contributed by atoms with E-state index < -0.39 is 34.8 Å². The van der Waals surface area contributed by atoms with Crippen LogP contribution in [0.25, 0.3) is 0 Å². The number of nitrogens with one attached hydrogen (secondary N) is 1. The quantitative estimate of drug-likeness (QED) is 0.349. The van der Waals surface area contributed by atoms with Crippen molar-refractivity contribution < 1.29 is 28.2 Å². The standard InChI is InChI=1S/C31H32Cl2F2N4O4/c1-2-30(41,29(35)8-10-36-11-9-29)20-13-24-27(25(34)14-20)31(43-23-7-12-42-18-23,19-3-5-21(32)6-4-19)39(28(24)40)17-26-37-15-22(33)16-38-26/h3-6,13-16,23,36,41H,2,7-12,17-18H2,1H3/t23-,30?,31+/m0/s1. The van der Waals surface area contributed by atoms with Crippen molar-refractivity contribution in [3.63, 3.8) is 0 Å². The van der Waals surface area contributed by atoms with Gasteiger partial charge in [0.2, 0.25) is 5.72 Å². The molecular weight excluding hydrogens is 601 g/mol. The lowest BCUT2D eigenvalue weighted by Crippen LogP contribution is -2.54. The second kappa shape index (κ2) is 11.6. The predicted molar refractivity (Wildman–Crippen MR) is 156 cm³/mol. The maximum Gasteiger partial charge on any atom is 0.257 e. The molecule has 1 unspecified atom stereocenters. The number of piperidine rings is 1. The average molecular weight is 634 g/mol. The monoisotopic (exact) mass is 632 g/mol. The number of benzene rings is 2. The third-order valence-corrected chi connectivity index (χ3v) is 9.29. The van der Waals surface area contributed by atoms with Crippen LogP contribution in [0.15, 0.2) is 48.8 Å². The summed E-state index contributed by atoms with van der Waals surface area (Å²) in [5.74, 6) is -1.14. The first-order valence-corrected chi connectivity index (χ1v) is 15.1. The summed E-state index contributed by atoms with van der Waals surface area (Å²) in [4.78, 5) is 24.4. The first-order valence-electron chi connectivity index (χ1n) is 14.4. The highest BCUT2D eigenvalue weighted by molar-refractivity contribution is 6.30.